The van der Waals surface area contributed by atoms with Gasteiger partial charge in [-0.05, 0) is 31.2 Å². The number of hydrogen-bond acceptors (Lipinski definition) is 4. The molecule has 2 aromatic carbocycles. The lowest BCUT2D eigenvalue weighted by molar-refractivity contribution is -0.748. The molecule has 0 unspecified atom stereocenters. The maximum atomic E-state index is 10.7. The molecule has 30 heavy (non-hydrogen) atoms. The quantitative estimate of drug-likeness (QED) is 0.411. The Kier molecular flexibility index (Phi) is 5.79. The average molecular weight is 406 g/mol. The lowest BCUT2D eigenvalue weighted by Crippen LogP contribution is -2.34. The Balaban J connectivity index is 1.41. The predicted molar refractivity (Wildman–Crippen MR) is 111 cm³/mol. The number of carboxylic acids is 1. The van der Waals surface area contributed by atoms with E-state index in [1.807, 2.05) is 66.3 Å². The molecule has 0 aliphatic rings. The summed E-state index contributed by atoms with van der Waals surface area (Å²) < 4.78 is 13.8. The SMILES string of the molecule is Cc1oc(-c2ccccc2)nc1CCOc1cccc2[nH][n+](CCCC(=O)O)cc12. The van der Waals surface area contributed by atoms with Gasteiger partial charge in [0, 0.05) is 18.4 Å². The van der Waals surface area contributed by atoms with Crippen LogP contribution in [0.5, 0.6) is 5.75 Å². The third-order valence-electron chi connectivity index (χ3n) is 4.91. The first-order valence-electron chi connectivity index (χ1n) is 9.97. The number of aromatic nitrogens is 3. The first-order valence-corrected chi connectivity index (χ1v) is 9.97. The number of aliphatic carboxylic acids is 1. The van der Waals surface area contributed by atoms with Crippen LogP contribution in [0.1, 0.15) is 24.3 Å². The minimum atomic E-state index is -0.783. The van der Waals surface area contributed by atoms with Gasteiger partial charge in [-0.2, -0.15) is 5.10 Å². The molecule has 0 aliphatic carbocycles. The van der Waals surface area contributed by atoms with E-state index in [2.05, 4.69) is 10.1 Å². The van der Waals surface area contributed by atoms with E-state index >= 15 is 0 Å². The number of benzene rings is 2. The normalized spacial score (nSPS) is 11.1. The average Bonchev–Trinajstić information content (AvgIpc) is 3.32. The van der Waals surface area contributed by atoms with Crippen LogP contribution in [0.3, 0.4) is 0 Å². The highest BCUT2D eigenvalue weighted by Gasteiger charge is 2.14. The van der Waals surface area contributed by atoms with Crippen LogP contribution in [0.4, 0.5) is 0 Å². The van der Waals surface area contributed by atoms with Crippen molar-refractivity contribution in [3.8, 4) is 17.2 Å². The molecule has 0 atom stereocenters. The van der Waals surface area contributed by atoms with Crippen molar-refractivity contribution in [3.63, 3.8) is 0 Å². The van der Waals surface area contributed by atoms with Gasteiger partial charge in [-0.25, -0.2) is 4.98 Å². The first-order chi connectivity index (χ1) is 14.6. The zero-order valence-electron chi connectivity index (χ0n) is 16.8. The molecule has 0 bridgehead atoms. The van der Waals surface area contributed by atoms with Crippen molar-refractivity contribution in [1.82, 2.24) is 10.1 Å². The summed E-state index contributed by atoms with van der Waals surface area (Å²) in [7, 11) is 0. The van der Waals surface area contributed by atoms with Gasteiger partial charge in [0.2, 0.25) is 12.1 Å². The fourth-order valence-electron chi connectivity index (χ4n) is 3.39. The second-order valence-corrected chi connectivity index (χ2v) is 7.14. The van der Waals surface area contributed by atoms with Crippen LogP contribution < -0.4 is 9.42 Å². The summed E-state index contributed by atoms with van der Waals surface area (Å²) >= 11 is 0. The molecule has 0 saturated carbocycles. The minimum Gasteiger partial charge on any atom is -0.492 e. The number of aryl methyl sites for hydroxylation is 2. The molecule has 0 spiro atoms. The van der Waals surface area contributed by atoms with Crippen molar-refractivity contribution < 1.29 is 23.7 Å². The Morgan fingerprint density at radius 1 is 1.20 bits per heavy atom. The standard InChI is InChI=1S/C23H23N3O4/c1-16-19(24-23(30-16)17-7-3-2-4-8-17)12-14-29-21-10-5-9-20-18(21)15-26(25-20)13-6-11-22(27)28/h2-5,7-10,15H,6,11-14H2,1H3,(H,27,28)/p+1. The topological polar surface area (TPSA) is 92.2 Å². The fourth-order valence-corrected chi connectivity index (χ4v) is 3.39. The summed E-state index contributed by atoms with van der Waals surface area (Å²) in [6, 6.07) is 15.7. The van der Waals surface area contributed by atoms with Crippen LogP contribution in [-0.2, 0) is 17.8 Å². The molecular weight excluding hydrogens is 382 g/mol. The van der Waals surface area contributed by atoms with Crippen LogP contribution in [0.15, 0.2) is 59.1 Å². The molecule has 2 N–H and O–H groups in total. The van der Waals surface area contributed by atoms with Crippen molar-refractivity contribution >= 4 is 16.9 Å². The Morgan fingerprint density at radius 3 is 2.83 bits per heavy atom. The molecule has 0 radical (unpaired) electrons. The van der Waals surface area contributed by atoms with Crippen molar-refractivity contribution in [1.29, 1.82) is 0 Å². The lowest BCUT2D eigenvalue weighted by Gasteiger charge is -2.05. The highest BCUT2D eigenvalue weighted by atomic mass is 16.5. The Hall–Kier alpha value is -3.61. The van der Waals surface area contributed by atoms with Crippen LogP contribution in [0, 0.1) is 6.92 Å². The molecule has 0 amide bonds. The van der Waals surface area contributed by atoms with Gasteiger partial charge in [-0.3, -0.25) is 4.79 Å². The number of ether oxygens (including phenoxy) is 1. The lowest BCUT2D eigenvalue weighted by atomic mass is 10.2. The van der Waals surface area contributed by atoms with E-state index in [1.54, 1.807) is 0 Å². The summed E-state index contributed by atoms with van der Waals surface area (Å²) in [6.07, 6.45) is 3.31. The molecule has 0 aliphatic heterocycles. The van der Waals surface area contributed by atoms with Crippen LogP contribution in [-0.4, -0.2) is 27.8 Å². The number of carbonyl (C=O) groups is 1. The second kappa shape index (κ2) is 8.82. The number of nitrogens with zero attached hydrogens (tertiary/aromatic N) is 2. The number of aromatic amines is 1. The van der Waals surface area contributed by atoms with E-state index < -0.39 is 5.97 Å². The molecule has 154 valence electrons. The number of fused-ring (bicyclic) bond motifs is 1. The zero-order chi connectivity index (χ0) is 20.9. The third-order valence-corrected chi connectivity index (χ3v) is 4.91. The summed E-state index contributed by atoms with van der Waals surface area (Å²) in [6.45, 7) is 3.01. The first kappa shape index (κ1) is 19.7. The van der Waals surface area contributed by atoms with Gasteiger partial charge < -0.3 is 14.3 Å². The second-order valence-electron chi connectivity index (χ2n) is 7.14. The molecule has 7 nitrogen and oxygen atoms in total. The third kappa shape index (κ3) is 4.51. The molecule has 4 rings (SSSR count). The van der Waals surface area contributed by atoms with Crippen LogP contribution in [0.25, 0.3) is 22.4 Å². The maximum absolute atomic E-state index is 10.7. The van der Waals surface area contributed by atoms with Gasteiger partial charge in [-0.15, -0.1) is 4.68 Å². The van der Waals surface area contributed by atoms with Gasteiger partial charge in [0.25, 0.3) is 0 Å². The van der Waals surface area contributed by atoms with Crippen molar-refractivity contribution in [2.75, 3.05) is 6.61 Å². The monoisotopic (exact) mass is 406 g/mol. The smallest absolute Gasteiger partial charge is 0.303 e. The number of H-pyrrole nitrogens is 1. The van der Waals surface area contributed by atoms with Gasteiger partial charge in [0.15, 0.2) is 6.54 Å². The van der Waals surface area contributed by atoms with Gasteiger partial charge in [0.1, 0.15) is 22.4 Å². The van der Waals surface area contributed by atoms with Gasteiger partial charge in [0.05, 0.1) is 18.7 Å². The summed E-state index contributed by atoms with van der Waals surface area (Å²) in [5.41, 5.74) is 2.79. The summed E-state index contributed by atoms with van der Waals surface area (Å²) in [5.74, 6) is 1.42. The molecule has 2 aromatic heterocycles. The van der Waals surface area contributed by atoms with E-state index in [9.17, 15) is 4.79 Å². The number of hydrogen-bond donors (Lipinski definition) is 2. The molecule has 7 heteroatoms. The van der Waals surface area contributed by atoms with E-state index in [-0.39, 0.29) is 6.42 Å². The van der Waals surface area contributed by atoms with Crippen molar-refractivity contribution in [2.24, 2.45) is 0 Å². The number of oxazole rings is 1. The van der Waals surface area contributed by atoms with Crippen LogP contribution in [0.2, 0.25) is 0 Å². The fraction of sp³-hybridized carbons (Fsp3) is 0.261. The summed E-state index contributed by atoms with van der Waals surface area (Å²) in [4.78, 5) is 15.3. The Bertz CT molecular complexity index is 1150. The minimum absolute atomic E-state index is 0.147. The molecule has 0 saturated heterocycles. The van der Waals surface area contributed by atoms with Crippen molar-refractivity contribution in [2.45, 2.75) is 32.7 Å². The van der Waals surface area contributed by atoms with Gasteiger partial charge >= 0.3 is 5.97 Å². The zero-order valence-corrected chi connectivity index (χ0v) is 16.8. The molecule has 4 aromatic rings. The van der Waals surface area contributed by atoms with E-state index in [1.165, 1.54) is 0 Å². The molecule has 2 heterocycles. The number of carboxylic acid groups (broad SMARTS) is 1. The Labute approximate surface area is 173 Å². The highest BCUT2D eigenvalue weighted by Crippen LogP contribution is 2.24. The molecule has 0 fully saturated rings. The Morgan fingerprint density at radius 2 is 2.03 bits per heavy atom. The van der Waals surface area contributed by atoms with E-state index in [0.29, 0.717) is 31.9 Å². The number of nitrogens with one attached hydrogen (secondary N) is 1. The van der Waals surface area contributed by atoms with Gasteiger partial charge in [-0.1, -0.05) is 24.3 Å². The largest absolute Gasteiger partial charge is 0.492 e. The maximum Gasteiger partial charge on any atom is 0.303 e. The van der Waals surface area contributed by atoms with E-state index in [0.717, 1.165) is 33.7 Å². The predicted octanol–water partition coefficient (Wildman–Crippen LogP) is 3.91. The van der Waals surface area contributed by atoms with Crippen LogP contribution >= 0.6 is 0 Å². The highest BCUT2D eigenvalue weighted by molar-refractivity contribution is 5.83. The summed E-state index contributed by atoms with van der Waals surface area (Å²) in [5, 5.41) is 13.0. The number of rotatable bonds is 9. The molecular formula is C23H24N3O4+. The van der Waals surface area contributed by atoms with Crippen molar-refractivity contribution in [3.05, 3.63) is 66.2 Å². The van der Waals surface area contributed by atoms with E-state index in [4.69, 9.17) is 14.3 Å².